The third kappa shape index (κ3) is 4.96. The molecular formula is C25H27ClFN5O3. The zero-order valence-corrected chi connectivity index (χ0v) is 20.6. The quantitative estimate of drug-likeness (QED) is 0.509. The molecule has 0 spiro atoms. The highest BCUT2D eigenvalue weighted by Crippen LogP contribution is 2.50. The highest BCUT2D eigenvalue weighted by atomic mass is 35.5. The number of pyridine rings is 1. The minimum Gasteiger partial charge on any atom is -0.472 e. The number of benzene rings is 1. The summed E-state index contributed by atoms with van der Waals surface area (Å²) < 4.78 is 26.3. The highest BCUT2D eigenvalue weighted by Gasteiger charge is 2.47. The Hall–Kier alpha value is -3.20. The summed E-state index contributed by atoms with van der Waals surface area (Å²) in [5.74, 6) is 0.481. The number of carbonyl (C=O) groups excluding carboxylic acids is 1. The van der Waals surface area contributed by atoms with Gasteiger partial charge in [-0.25, -0.2) is 24.1 Å². The van der Waals surface area contributed by atoms with Crippen LogP contribution in [0.15, 0.2) is 36.7 Å². The number of halogens is 2. The van der Waals surface area contributed by atoms with E-state index in [1.165, 1.54) is 12.4 Å². The number of nitrogens with one attached hydrogen (secondary N) is 1. The molecule has 5 rings (SSSR count). The summed E-state index contributed by atoms with van der Waals surface area (Å²) in [5.41, 5.74) is 0.539. The summed E-state index contributed by atoms with van der Waals surface area (Å²) in [5, 5.41) is 3.48. The number of amides is 1. The van der Waals surface area contributed by atoms with Crippen molar-refractivity contribution in [2.75, 3.05) is 18.4 Å². The van der Waals surface area contributed by atoms with E-state index in [1.807, 2.05) is 26.8 Å². The molecule has 2 fully saturated rings. The van der Waals surface area contributed by atoms with Crippen LogP contribution in [0.3, 0.4) is 0 Å². The number of hydrogen-bond acceptors (Lipinski definition) is 7. The molecule has 1 aromatic carbocycles. The van der Waals surface area contributed by atoms with Crippen molar-refractivity contribution >= 4 is 34.5 Å². The molecule has 1 aliphatic carbocycles. The lowest BCUT2D eigenvalue weighted by molar-refractivity contribution is 0.0275. The Labute approximate surface area is 207 Å². The number of fused-ring (bicyclic) bond motifs is 1. The van der Waals surface area contributed by atoms with E-state index < -0.39 is 17.0 Å². The maximum absolute atomic E-state index is 14.7. The molecule has 3 aromatic rings. The summed E-state index contributed by atoms with van der Waals surface area (Å²) in [6, 6.07) is 8.58. The van der Waals surface area contributed by atoms with E-state index in [2.05, 4.69) is 20.3 Å². The molecule has 2 aromatic heterocycles. The number of rotatable bonds is 5. The third-order valence-electron chi connectivity index (χ3n) is 6.12. The van der Waals surface area contributed by atoms with Gasteiger partial charge in [0.05, 0.1) is 22.6 Å². The van der Waals surface area contributed by atoms with Gasteiger partial charge in [-0.2, -0.15) is 0 Å². The van der Waals surface area contributed by atoms with Gasteiger partial charge < -0.3 is 19.7 Å². The van der Waals surface area contributed by atoms with Crippen molar-refractivity contribution in [1.29, 1.82) is 0 Å². The molecule has 1 saturated carbocycles. The van der Waals surface area contributed by atoms with E-state index in [0.29, 0.717) is 47.8 Å². The maximum atomic E-state index is 14.7. The zero-order chi connectivity index (χ0) is 24.8. The Bertz CT molecular complexity index is 1280. The van der Waals surface area contributed by atoms with Gasteiger partial charge >= 0.3 is 6.09 Å². The molecule has 0 unspecified atom stereocenters. The number of ether oxygens (including phenoxy) is 2. The lowest BCUT2D eigenvalue weighted by Crippen LogP contribution is -2.36. The molecule has 3 heterocycles. The van der Waals surface area contributed by atoms with Crippen LogP contribution in [0.5, 0.6) is 5.88 Å². The molecule has 35 heavy (non-hydrogen) atoms. The molecule has 1 atom stereocenters. The van der Waals surface area contributed by atoms with Crippen molar-refractivity contribution < 1.29 is 18.7 Å². The van der Waals surface area contributed by atoms with E-state index in [4.69, 9.17) is 21.1 Å². The molecule has 0 bridgehead atoms. The number of nitrogens with zero attached hydrogens (tertiary/aromatic N) is 4. The van der Waals surface area contributed by atoms with Crippen LogP contribution < -0.4 is 10.1 Å². The van der Waals surface area contributed by atoms with Crippen LogP contribution in [-0.2, 0) is 10.3 Å². The molecule has 1 amide bonds. The van der Waals surface area contributed by atoms with Crippen LogP contribution in [-0.4, -0.2) is 50.7 Å². The summed E-state index contributed by atoms with van der Waals surface area (Å²) in [6.45, 7) is 6.50. The Morgan fingerprint density at radius 1 is 1.23 bits per heavy atom. The standard InChI is InChI=1S/C25H27ClFN5O3/c1-24(2,3)35-23(33)32-12-9-15(13-32)34-19-8-7-18-21(30-19)22(29-14-28-18)31-25(10-11-25)16-5-4-6-17(26)20(16)27/h4-8,14-15H,9-13H2,1-3H3,(H,28,29,31)/t15-/m0/s1. The van der Waals surface area contributed by atoms with E-state index in [0.717, 1.165) is 12.8 Å². The Morgan fingerprint density at radius 3 is 2.77 bits per heavy atom. The SMILES string of the molecule is CC(C)(C)OC(=O)N1CC[C@H](Oc2ccc3ncnc(NC4(c5cccc(Cl)c5F)CC4)c3n2)C1. The molecule has 8 nitrogen and oxygen atoms in total. The first-order valence-electron chi connectivity index (χ1n) is 11.6. The van der Waals surface area contributed by atoms with Gasteiger partial charge in [0.1, 0.15) is 29.4 Å². The van der Waals surface area contributed by atoms with Crippen LogP contribution in [0.4, 0.5) is 15.0 Å². The smallest absolute Gasteiger partial charge is 0.410 e. The van der Waals surface area contributed by atoms with Crippen molar-refractivity contribution in [3.8, 4) is 5.88 Å². The first-order chi connectivity index (χ1) is 16.6. The minimum absolute atomic E-state index is 0.0916. The maximum Gasteiger partial charge on any atom is 0.410 e. The fourth-order valence-electron chi connectivity index (χ4n) is 4.25. The second kappa shape index (κ2) is 8.78. The minimum atomic E-state index is -0.589. The fraction of sp³-hybridized carbons (Fsp3) is 0.440. The first-order valence-corrected chi connectivity index (χ1v) is 12.0. The van der Waals surface area contributed by atoms with Crippen molar-refractivity contribution in [3.63, 3.8) is 0 Å². The van der Waals surface area contributed by atoms with Gasteiger partial charge in [0, 0.05) is 24.6 Å². The summed E-state index contributed by atoms with van der Waals surface area (Å²) >= 11 is 6.02. The largest absolute Gasteiger partial charge is 0.472 e. The van der Waals surface area contributed by atoms with Gasteiger partial charge in [0.15, 0.2) is 5.82 Å². The summed E-state index contributed by atoms with van der Waals surface area (Å²) in [4.78, 5) is 27.3. The fourth-order valence-corrected chi connectivity index (χ4v) is 4.43. The average Bonchev–Trinajstić information content (AvgIpc) is 3.42. The molecule has 2 aliphatic rings. The van der Waals surface area contributed by atoms with E-state index in [1.54, 1.807) is 23.1 Å². The Morgan fingerprint density at radius 2 is 2.03 bits per heavy atom. The zero-order valence-electron chi connectivity index (χ0n) is 19.8. The predicted molar refractivity (Wildman–Crippen MR) is 130 cm³/mol. The van der Waals surface area contributed by atoms with Crippen LogP contribution in [0.2, 0.25) is 5.02 Å². The third-order valence-corrected chi connectivity index (χ3v) is 6.41. The van der Waals surface area contributed by atoms with Crippen LogP contribution in [0, 0.1) is 5.82 Å². The number of aromatic nitrogens is 3. The van der Waals surface area contributed by atoms with Crippen molar-refractivity contribution in [1.82, 2.24) is 19.9 Å². The number of hydrogen-bond donors (Lipinski definition) is 1. The lowest BCUT2D eigenvalue weighted by Gasteiger charge is -2.24. The first kappa shape index (κ1) is 23.5. The predicted octanol–water partition coefficient (Wildman–Crippen LogP) is 5.31. The van der Waals surface area contributed by atoms with Crippen LogP contribution in [0.1, 0.15) is 45.6 Å². The van der Waals surface area contributed by atoms with Crippen molar-refractivity contribution in [2.45, 2.75) is 57.3 Å². The molecule has 1 aliphatic heterocycles. The summed E-state index contributed by atoms with van der Waals surface area (Å²) in [6.07, 6.45) is 3.06. The molecule has 1 saturated heterocycles. The molecule has 184 valence electrons. The van der Waals surface area contributed by atoms with Gasteiger partial charge in [-0.15, -0.1) is 0 Å². The van der Waals surface area contributed by atoms with Gasteiger partial charge in [-0.05, 0) is 45.7 Å². The molecule has 0 radical (unpaired) electrons. The molecule has 1 N–H and O–H groups in total. The van der Waals surface area contributed by atoms with Gasteiger partial charge in [0.25, 0.3) is 0 Å². The van der Waals surface area contributed by atoms with Crippen molar-refractivity contribution in [3.05, 3.63) is 53.1 Å². The van der Waals surface area contributed by atoms with E-state index >= 15 is 0 Å². The van der Waals surface area contributed by atoms with Crippen molar-refractivity contribution in [2.24, 2.45) is 0 Å². The number of likely N-dealkylation sites (tertiary alicyclic amines) is 1. The highest BCUT2D eigenvalue weighted by molar-refractivity contribution is 6.30. The van der Waals surface area contributed by atoms with Gasteiger partial charge in [0.2, 0.25) is 5.88 Å². The lowest BCUT2D eigenvalue weighted by atomic mass is 10.0. The van der Waals surface area contributed by atoms with Crippen LogP contribution >= 0.6 is 11.6 Å². The molecule has 10 heteroatoms. The second-order valence-corrected chi connectivity index (χ2v) is 10.4. The van der Waals surface area contributed by atoms with Crippen LogP contribution in [0.25, 0.3) is 11.0 Å². The monoisotopic (exact) mass is 499 g/mol. The van der Waals surface area contributed by atoms with E-state index in [9.17, 15) is 9.18 Å². The van der Waals surface area contributed by atoms with Gasteiger partial charge in [-0.3, -0.25) is 0 Å². The molecular weight excluding hydrogens is 473 g/mol. The Balaban J connectivity index is 1.34. The van der Waals surface area contributed by atoms with Gasteiger partial charge in [-0.1, -0.05) is 23.7 Å². The number of carbonyl (C=O) groups is 1. The average molecular weight is 500 g/mol. The second-order valence-electron chi connectivity index (χ2n) is 10.0. The topological polar surface area (TPSA) is 89.5 Å². The normalized spacial score (nSPS) is 19.0. The van der Waals surface area contributed by atoms with E-state index in [-0.39, 0.29) is 17.2 Å². The number of anilines is 1. The summed E-state index contributed by atoms with van der Waals surface area (Å²) in [7, 11) is 0. The Kier molecular flexibility index (Phi) is 5.91.